The Morgan fingerprint density at radius 2 is 1.91 bits per heavy atom. The van der Waals surface area contributed by atoms with Crippen molar-refractivity contribution in [2.45, 2.75) is 39.3 Å². The molecule has 1 fully saturated rings. The maximum atomic E-state index is 13.7. The third-order valence-corrected chi connectivity index (χ3v) is 3.77. The van der Waals surface area contributed by atoms with Gasteiger partial charge in [0.2, 0.25) is 5.91 Å². The van der Waals surface area contributed by atoms with E-state index in [0.29, 0.717) is 0 Å². The number of amides is 1. The first-order valence-corrected chi connectivity index (χ1v) is 7.54. The van der Waals surface area contributed by atoms with Crippen LogP contribution < -0.4 is 4.74 Å². The molecule has 0 aliphatic carbocycles. The zero-order chi connectivity index (χ0) is 17.2. The van der Waals surface area contributed by atoms with Crippen molar-refractivity contribution >= 4 is 11.9 Å². The topological polar surface area (TPSA) is 55.8 Å². The largest absolute Gasteiger partial charge is 0.485 e. The molecule has 1 saturated heterocycles. The molecule has 1 heterocycles. The highest BCUT2D eigenvalue weighted by Crippen LogP contribution is 2.29. The fourth-order valence-electron chi connectivity index (χ4n) is 2.62. The number of nitrogens with zero attached hydrogens (tertiary/aromatic N) is 1. The van der Waals surface area contributed by atoms with Crippen molar-refractivity contribution in [2.24, 2.45) is 5.41 Å². The highest BCUT2D eigenvalue weighted by atomic mass is 19.1. The minimum absolute atomic E-state index is 0.117. The van der Waals surface area contributed by atoms with Crippen LogP contribution in [-0.2, 0) is 14.3 Å². The molecule has 6 heteroatoms. The van der Waals surface area contributed by atoms with Crippen molar-refractivity contribution in [3.63, 3.8) is 0 Å². The summed E-state index contributed by atoms with van der Waals surface area (Å²) >= 11 is 0. The van der Waals surface area contributed by atoms with E-state index >= 15 is 0 Å². The predicted molar refractivity (Wildman–Crippen MR) is 82.4 cm³/mol. The van der Waals surface area contributed by atoms with Gasteiger partial charge in [0, 0.05) is 11.8 Å². The minimum Gasteiger partial charge on any atom is -0.485 e. The average Bonchev–Trinajstić information content (AvgIpc) is 2.90. The third-order valence-electron chi connectivity index (χ3n) is 3.77. The van der Waals surface area contributed by atoms with Gasteiger partial charge in [-0.05, 0) is 12.1 Å². The summed E-state index contributed by atoms with van der Waals surface area (Å²) in [6.45, 7) is 5.59. The molecule has 1 aliphatic rings. The van der Waals surface area contributed by atoms with E-state index in [1.807, 2.05) is 0 Å². The highest BCUT2D eigenvalue weighted by Gasteiger charge is 2.44. The Hall–Kier alpha value is -2.11. The molecule has 126 valence electrons. The third kappa shape index (κ3) is 3.81. The fourth-order valence-corrected chi connectivity index (χ4v) is 2.62. The Morgan fingerprint density at radius 1 is 1.26 bits per heavy atom. The lowest BCUT2D eigenvalue weighted by molar-refractivity contribution is -0.153. The number of esters is 1. The second-order valence-corrected chi connectivity index (χ2v) is 6.65. The number of halogens is 1. The number of benzene rings is 1. The summed E-state index contributed by atoms with van der Waals surface area (Å²) in [5.74, 6) is -0.997. The van der Waals surface area contributed by atoms with Gasteiger partial charge >= 0.3 is 5.97 Å². The summed E-state index contributed by atoms with van der Waals surface area (Å²) in [6.07, 6.45) is -0.176. The van der Waals surface area contributed by atoms with Gasteiger partial charge in [-0.3, -0.25) is 4.79 Å². The summed E-state index contributed by atoms with van der Waals surface area (Å²) in [5, 5.41) is 0. The average molecular weight is 323 g/mol. The number of ether oxygens (including phenoxy) is 2. The predicted octanol–water partition coefficient (Wildman–Crippen LogP) is 2.39. The van der Waals surface area contributed by atoms with Crippen molar-refractivity contribution in [2.75, 3.05) is 13.7 Å². The zero-order valence-electron chi connectivity index (χ0n) is 13.8. The van der Waals surface area contributed by atoms with Gasteiger partial charge in [-0.25, -0.2) is 9.18 Å². The Morgan fingerprint density at radius 3 is 2.48 bits per heavy atom. The number of methoxy groups -OCH3 is 1. The van der Waals surface area contributed by atoms with Gasteiger partial charge in [-0.2, -0.15) is 0 Å². The van der Waals surface area contributed by atoms with E-state index in [9.17, 15) is 14.0 Å². The molecule has 0 N–H and O–H groups in total. The molecule has 0 bridgehead atoms. The van der Waals surface area contributed by atoms with Gasteiger partial charge in [-0.15, -0.1) is 0 Å². The second kappa shape index (κ2) is 6.56. The molecule has 1 aromatic carbocycles. The van der Waals surface area contributed by atoms with Crippen LogP contribution in [0.2, 0.25) is 0 Å². The Bertz CT molecular complexity index is 597. The van der Waals surface area contributed by atoms with E-state index in [0.717, 1.165) is 0 Å². The van der Waals surface area contributed by atoms with Crippen LogP contribution in [0, 0.1) is 11.2 Å². The monoisotopic (exact) mass is 323 g/mol. The molecule has 0 radical (unpaired) electrons. The van der Waals surface area contributed by atoms with Crippen LogP contribution in [0.5, 0.6) is 5.75 Å². The molecule has 23 heavy (non-hydrogen) atoms. The fraction of sp³-hybridized carbons (Fsp3) is 0.529. The number of carbonyl (C=O) groups is 2. The SMILES string of the molecule is COC(=O)C1CC(Oc2ccccc2F)CN1C(=O)C(C)(C)C. The molecule has 2 rings (SSSR count). The second-order valence-electron chi connectivity index (χ2n) is 6.65. The van der Waals surface area contributed by atoms with Crippen LogP contribution in [0.25, 0.3) is 0 Å². The summed E-state index contributed by atoms with van der Waals surface area (Å²) in [6, 6.07) is 5.37. The van der Waals surface area contributed by atoms with Crippen molar-refractivity contribution in [3.05, 3.63) is 30.1 Å². The number of carbonyl (C=O) groups excluding carboxylic acids is 2. The van der Waals surface area contributed by atoms with E-state index in [4.69, 9.17) is 9.47 Å². The maximum absolute atomic E-state index is 13.7. The van der Waals surface area contributed by atoms with Crippen LogP contribution >= 0.6 is 0 Å². The maximum Gasteiger partial charge on any atom is 0.328 e. The molecule has 0 saturated carbocycles. The van der Waals surface area contributed by atoms with E-state index in [-0.39, 0.29) is 24.6 Å². The Kier molecular flexibility index (Phi) is 4.92. The summed E-state index contributed by atoms with van der Waals surface area (Å²) < 4.78 is 24.1. The lowest BCUT2D eigenvalue weighted by Crippen LogP contribution is -2.46. The summed E-state index contributed by atoms with van der Waals surface area (Å²) in [4.78, 5) is 26.0. The van der Waals surface area contributed by atoms with Crippen molar-refractivity contribution in [3.8, 4) is 5.75 Å². The summed E-state index contributed by atoms with van der Waals surface area (Å²) in [7, 11) is 1.28. The molecule has 0 spiro atoms. The molecule has 1 aromatic rings. The molecule has 5 nitrogen and oxygen atoms in total. The van der Waals surface area contributed by atoms with Gasteiger partial charge < -0.3 is 14.4 Å². The van der Waals surface area contributed by atoms with Crippen LogP contribution in [0.4, 0.5) is 4.39 Å². The van der Waals surface area contributed by atoms with Gasteiger partial charge in [0.15, 0.2) is 11.6 Å². The van der Waals surface area contributed by atoms with Crippen LogP contribution in [0.15, 0.2) is 24.3 Å². The molecular formula is C17H22FNO4. The van der Waals surface area contributed by atoms with E-state index in [1.165, 1.54) is 24.1 Å². The molecular weight excluding hydrogens is 301 g/mol. The molecule has 2 atom stereocenters. The van der Waals surface area contributed by atoms with Gasteiger partial charge in [0.25, 0.3) is 0 Å². The highest BCUT2D eigenvalue weighted by molar-refractivity contribution is 5.88. The first-order chi connectivity index (χ1) is 10.7. The molecule has 0 aromatic heterocycles. The first-order valence-electron chi connectivity index (χ1n) is 7.54. The van der Waals surface area contributed by atoms with E-state index in [1.54, 1.807) is 32.9 Å². The van der Waals surface area contributed by atoms with Crippen molar-refractivity contribution < 1.29 is 23.5 Å². The quantitative estimate of drug-likeness (QED) is 0.802. The lowest BCUT2D eigenvalue weighted by atomic mass is 9.94. The molecule has 2 unspecified atom stereocenters. The van der Waals surface area contributed by atoms with E-state index < -0.39 is 29.3 Å². The van der Waals surface area contributed by atoms with Crippen molar-refractivity contribution in [1.82, 2.24) is 4.90 Å². The standard InChI is InChI=1S/C17H22FNO4/c1-17(2,3)16(21)19-10-11(9-13(19)15(20)22-4)23-14-8-6-5-7-12(14)18/h5-8,11,13H,9-10H2,1-4H3. The Labute approximate surface area is 135 Å². The number of hydrogen-bond acceptors (Lipinski definition) is 4. The van der Waals surface area contributed by atoms with Gasteiger partial charge in [-0.1, -0.05) is 32.9 Å². The van der Waals surface area contributed by atoms with Crippen LogP contribution in [-0.4, -0.2) is 42.6 Å². The number of likely N-dealkylation sites (tertiary alicyclic amines) is 1. The smallest absolute Gasteiger partial charge is 0.328 e. The van der Waals surface area contributed by atoms with Crippen LogP contribution in [0.3, 0.4) is 0 Å². The van der Waals surface area contributed by atoms with E-state index in [2.05, 4.69) is 0 Å². The number of rotatable bonds is 3. The number of hydrogen-bond donors (Lipinski definition) is 0. The lowest BCUT2D eigenvalue weighted by Gasteiger charge is -2.29. The Balaban J connectivity index is 2.18. The van der Waals surface area contributed by atoms with Crippen LogP contribution in [0.1, 0.15) is 27.2 Å². The zero-order valence-corrected chi connectivity index (χ0v) is 13.8. The normalized spacial score (nSPS) is 21.2. The number of para-hydroxylation sites is 1. The summed E-state index contributed by atoms with van der Waals surface area (Å²) in [5.41, 5.74) is -0.626. The molecule has 1 amide bonds. The van der Waals surface area contributed by atoms with Gasteiger partial charge in [0.05, 0.1) is 13.7 Å². The first kappa shape index (κ1) is 17.2. The molecule has 1 aliphatic heterocycles. The van der Waals surface area contributed by atoms with Gasteiger partial charge in [0.1, 0.15) is 12.1 Å². The van der Waals surface area contributed by atoms with Crippen molar-refractivity contribution in [1.29, 1.82) is 0 Å². The minimum atomic E-state index is -0.705.